The van der Waals surface area contributed by atoms with E-state index in [1.54, 1.807) is 0 Å². The maximum absolute atomic E-state index is 12.8. The summed E-state index contributed by atoms with van der Waals surface area (Å²) in [4.78, 5) is 23.8. The summed E-state index contributed by atoms with van der Waals surface area (Å²) in [7, 11) is 2.40. The van der Waals surface area contributed by atoms with Crippen LogP contribution < -0.4 is 20.1 Å². The number of aromatic nitrogens is 1. The van der Waals surface area contributed by atoms with Gasteiger partial charge in [0.15, 0.2) is 0 Å². The SMILES string of the molecule is COC(=O)Nc1noc(C(=O)Nc2ccc(Oc3cccc(C(F)(F)F)c3)cc2)c1OC. The summed E-state index contributed by atoms with van der Waals surface area (Å²) in [5.41, 5.74) is -0.506. The predicted octanol–water partition coefficient (Wildman–Crippen LogP) is 4.92. The summed E-state index contributed by atoms with van der Waals surface area (Å²) >= 11 is 0. The number of methoxy groups -OCH3 is 2. The van der Waals surface area contributed by atoms with Crippen molar-refractivity contribution in [2.24, 2.45) is 0 Å². The molecule has 0 radical (unpaired) electrons. The molecule has 0 atom stereocenters. The molecule has 2 aromatic carbocycles. The summed E-state index contributed by atoms with van der Waals surface area (Å²) in [6.07, 6.45) is -5.32. The van der Waals surface area contributed by atoms with Crippen LogP contribution in [0.15, 0.2) is 53.1 Å². The molecule has 168 valence electrons. The number of amides is 2. The lowest BCUT2D eigenvalue weighted by atomic mass is 10.2. The van der Waals surface area contributed by atoms with E-state index in [4.69, 9.17) is 14.0 Å². The Kier molecular flexibility index (Phi) is 6.52. The number of halogens is 3. The van der Waals surface area contributed by atoms with E-state index in [1.807, 2.05) is 0 Å². The summed E-state index contributed by atoms with van der Waals surface area (Å²) in [5.74, 6) is -1.02. The Labute approximate surface area is 179 Å². The van der Waals surface area contributed by atoms with Crippen molar-refractivity contribution in [2.45, 2.75) is 6.18 Å². The van der Waals surface area contributed by atoms with Gasteiger partial charge in [-0.3, -0.25) is 10.1 Å². The molecule has 2 N–H and O–H groups in total. The highest BCUT2D eigenvalue weighted by molar-refractivity contribution is 6.05. The van der Waals surface area contributed by atoms with Crippen molar-refractivity contribution >= 4 is 23.5 Å². The first-order valence-corrected chi connectivity index (χ1v) is 8.86. The van der Waals surface area contributed by atoms with E-state index in [2.05, 4.69) is 20.5 Å². The average molecular weight is 451 g/mol. The van der Waals surface area contributed by atoms with E-state index in [0.717, 1.165) is 19.2 Å². The minimum atomic E-state index is -4.48. The van der Waals surface area contributed by atoms with Crippen LogP contribution >= 0.6 is 0 Å². The van der Waals surface area contributed by atoms with Crippen LogP contribution in [0.25, 0.3) is 0 Å². The number of nitrogens with zero attached hydrogens (tertiary/aromatic N) is 1. The van der Waals surface area contributed by atoms with Gasteiger partial charge in [-0.2, -0.15) is 13.2 Å². The van der Waals surface area contributed by atoms with E-state index in [9.17, 15) is 22.8 Å². The number of anilines is 2. The average Bonchev–Trinajstić information content (AvgIpc) is 3.17. The van der Waals surface area contributed by atoms with Gasteiger partial charge in [0.25, 0.3) is 11.7 Å². The number of rotatable bonds is 6. The van der Waals surface area contributed by atoms with E-state index < -0.39 is 23.7 Å². The smallest absolute Gasteiger partial charge is 0.416 e. The third kappa shape index (κ3) is 5.28. The van der Waals surface area contributed by atoms with E-state index in [0.29, 0.717) is 5.69 Å². The van der Waals surface area contributed by atoms with E-state index in [1.165, 1.54) is 43.5 Å². The van der Waals surface area contributed by atoms with Gasteiger partial charge in [-0.1, -0.05) is 11.2 Å². The molecule has 3 rings (SSSR count). The highest BCUT2D eigenvalue weighted by Gasteiger charge is 2.30. The van der Waals surface area contributed by atoms with Gasteiger partial charge in [-0.05, 0) is 42.5 Å². The molecule has 0 spiro atoms. The van der Waals surface area contributed by atoms with Crippen LogP contribution in [-0.2, 0) is 10.9 Å². The molecule has 0 aliphatic heterocycles. The second-order valence-corrected chi connectivity index (χ2v) is 6.12. The number of alkyl halides is 3. The number of carbonyl (C=O) groups excluding carboxylic acids is 2. The lowest BCUT2D eigenvalue weighted by Gasteiger charge is -2.10. The molecule has 32 heavy (non-hydrogen) atoms. The Balaban J connectivity index is 1.69. The monoisotopic (exact) mass is 451 g/mol. The zero-order valence-electron chi connectivity index (χ0n) is 16.6. The lowest BCUT2D eigenvalue weighted by molar-refractivity contribution is -0.137. The molecule has 0 unspecified atom stereocenters. The van der Waals surface area contributed by atoms with Crippen molar-refractivity contribution in [3.05, 3.63) is 59.9 Å². The second kappa shape index (κ2) is 9.29. The van der Waals surface area contributed by atoms with Crippen molar-refractivity contribution in [3.63, 3.8) is 0 Å². The van der Waals surface area contributed by atoms with Crippen LogP contribution in [0.4, 0.5) is 29.5 Å². The number of benzene rings is 2. The summed E-state index contributed by atoms with van der Waals surface area (Å²) in [6, 6.07) is 10.3. The van der Waals surface area contributed by atoms with Crippen LogP contribution in [-0.4, -0.2) is 31.4 Å². The Morgan fingerprint density at radius 2 is 1.72 bits per heavy atom. The van der Waals surface area contributed by atoms with Crippen LogP contribution in [0.3, 0.4) is 0 Å². The molecule has 0 saturated heterocycles. The van der Waals surface area contributed by atoms with Gasteiger partial charge in [0.05, 0.1) is 19.8 Å². The molecular weight excluding hydrogens is 435 g/mol. The fourth-order valence-corrected chi connectivity index (χ4v) is 2.51. The molecule has 0 saturated carbocycles. The molecule has 2 amide bonds. The Hall–Kier alpha value is -4.22. The Bertz CT molecular complexity index is 1110. The maximum atomic E-state index is 12.8. The van der Waals surface area contributed by atoms with Crippen LogP contribution in [0.2, 0.25) is 0 Å². The van der Waals surface area contributed by atoms with Crippen LogP contribution in [0, 0.1) is 0 Å². The molecule has 1 aromatic heterocycles. The summed E-state index contributed by atoms with van der Waals surface area (Å²) < 4.78 is 58.3. The predicted molar refractivity (Wildman–Crippen MR) is 105 cm³/mol. The Morgan fingerprint density at radius 3 is 2.34 bits per heavy atom. The number of hydrogen-bond donors (Lipinski definition) is 2. The molecule has 12 heteroatoms. The summed E-state index contributed by atoms with van der Waals surface area (Å²) in [6.45, 7) is 0. The minimum Gasteiger partial charge on any atom is -0.489 e. The highest BCUT2D eigenvalue weighted by atomic mass is 19.4. The number of carbonyl (C=O) groups is 2. The Morgan fingerprint density at radius 1 is 1.00 bits per heavy atom. The van der Waals surface area contributed by atoms with Crippen LogP contribution in [0.5, 0.6) is 17.2 Å². The van der Waals surface area contributed by atoms with Gasteiger partial charge in [0.2, 0.25) is 11.6 Å². The molecule has 9 nitrogen and oxygen atoms in total. The fraction of sp³-hybridized carbons (Fsp3) is 0.150. The van der Waals surface area contributed by atoms with Gasteiger partial charge in [0, 0.05) is 5.69 Å². The molecule has 0 aliphatic rings. The number of hydrogen-bond acceptors (Lipinski definition) is 7. The van der Waals surface area contributed by atoms with Crippen LogP contribution in [0.1, 0.15) is 16.1 Å². The van der Waals surface area contributed by atoms with E-state index >= 15 is 0 Å². The molecule has 0 fully saturated rings. The van der Waals surface area contributed by atoms with Gasteiger partial charge in [-0.15, -0.1) is 0 Å². The first-order valence-electron chi connectivity index (χ1n) is 8.86. The zero-order chi connectivity index (χ0) is 23.3. The molecule has 0 bridgehead atoms. The number of nitrogens with one attached hydrogen (secondary N) is 2. The van der Waals surface area contributed by atoms with Gasteiger partial charge in [0.1, 0.15) is 11.5 Å². The van der Waals surface area contributed by atoms with Gasteiger partial charge < -0.3 is 24.1 Å². The minimum absolute atomic E-state index is 0.00800. The largest absolute Gasteiger partial charge is 0.489 e. The zero-order valence-corrected chi connectivity index (χ0v) is 16.6. The molecule has 1 heterocycles. The number of ether oxygens (including phenoxy) is 3. The van der Waals surface area contributed by atoms with Crippen molar-refractivity contribution in [2.75, 3.05) is 24.9 Å². The topological polar surface area (TPSA) is 112 Å². The third-order valence-corrected chi connectivity index (χ3v) is 3.97. The molecule has 0 aliphatic carbocycles. The lowest BCUT2D eigenvalue weighted by Crippen LogP contribution is -2.14. The van der Waals surface area contributed by atoms with Gasteiger partial charge >= 0.3 is 12.3 Å². The van der Waals surface area contributed by atoms with E-state index in [-0.39, 0.29) is 28.8 Å². The molecule has 3 aromatic rings. The van der Waals surface area contributed by atoms with Crippen molar-refractivity contribution < 1.29 is 41.5 Å². The maximum Gasteiger partial charge on any atom is 0.416 e. The quantitative estimate of drug-likeness (QED) is 0.547. The molecular formula is C20H16F3N3O6. The van der Waals surface area contributed by atoms with Gasteiger partial charge in [-0.25, -0.2) is 4.79 Å². The normalized spacial score (nSPS) is 10.9. The van der Waals surface area contributed by atoms with Crippen molar-refractivity contribution in [1.29, 1.82) is 0 Å². The third-order valence-electron chi connectivity index (χ3n) is 3.97. The first-order chi connectivity index (χ1) is 15.2. The highest BCUT2D eigenvalue weighted by Crippen LogP contribution is 2.33. The van der Waals surface area contributed by atoms with Crippen molar-refractivity contribution in [3.8, 4) is 17.2 Å². The van der Waals surface area contributed by atoms with Crippen molar-refractivity contribution in [1.82, 2.24) is 5.16 Å². The standard InChI is InChI=1S/C20H16F3N3O6/c1-29-15-16(32-26-17(15)25-19(28)30-2)18(27)24-12-6-8-13(9-7-12)31-14-5-3-4-11(10-14)20(21,22)23/h3-10H,1-2H3,(H,24,27)(H,25,26,28). The first kappa shape index (κ1) is 22.5. The summed E-state index contributed by atoms with van der Waals surface area (Å²) in [5, 5.41) is 8.32. The fourth-order valence-electron chi connectivity index (χ4n) is 2.51. The second-order valence-electron chi connectivity index (χ2n) is 6.12.